The molecule has 0 aromatic carbocycles. The lowest BCUT2D eigenvalue weighted by atomic mass is 10.3. The average molecular weight is 273 g/mol. The molecule has 1 rings (SSSR count). The number of hydrogen-bond acceptors (Lipinski definition) is 5. The predicted molar refractivity (Wildman–Crippen MR) is 69.2 cm³/mol. The number of nitrogens with two attached hydrogens (primary N) is 1. The van der Waals surface area contributed by atoms with E-state index in [1.807, 2.05) is 13.8 Å². The molecule has 0 saturated heterocycles. The quantitative estimate of drug-likeness (QED) is 0.701. The van der Waals surface area contributed by atoms with E-state index in [2.05, 4.69) is 10.3 Å². The molecule has 0 radical (unpaired) electrons. The first-order valence-electron chi connectivity index (χ1n) is 5.68. The number of pyridine rings is 1. The molecule has 0 aliphatic heterocycles. The fraction of sp³-hybridized carbons (Fsp3) is 0.545. The molecular formula is C11H19N3O3S. The van der Waals surface area contributed by atoms with Crippen LogP contribution in [0.15, 0.2) is 24.5 Å². The number of nitrogens with one attached hydrogen (secondary N) is 1. The molecule has 0 aliphatic carbocycles. The normalized spacial score (nSPS) is 13.8. The van der Waals surface area contributed by atoms with Crippen molar-refractivity contribution in [2.75, 3.05) is 13.2 Å². The predicted octanol–water partition coefficient (Wildman–Crippen LogP) is 0.383. The van der Waals surface area contributed by atoms with Crippen LogP contribution in [0.25, 0.3) is 0 Å². The molecule has 6 nitrogen and oxygen atoms in total. The van der Waals surface area contributed by atoms with Gasteiger partial charge in [-0.2, -0.15) is 0 Å². The van der Waals surface area contributed by atoms with Gasteiger partial charge in [-0.1, -0.05) is 19.9 Å². The largest absolute Gasteiger partial charge is 0.355 e. The van der Waals surface area contributed by atoms with E-state index in [0.717, 1.165) is 0 Å². The maximum atomic E-state index is 11.5. The third kappa shape index (κ3) is 5.09. The van der Waals surface area contributed by atoms with Crippen LogP contribution in [0.3, 0.4) is 0 Å². The molecule has 1 heterocycles. The Labute approximate surface area is 108 Å². The maximum absolute atomic E-state index is 11.5. The second-order valence-electron chi connectivity index (χ2n) is 4.19. The van der Waals surface area contributed by atoms with Gasteiger partial charge in [0.05, 0.1) is 6.61 Å². The van der Waals surface area contributed by atoms with Crippen molar-refractivity contribution in [2.45, 2.75) is 25.3 Å². The van der Waals surface area contributed by atoms with Gasteiger partial charge in [0.2, 0.25) is 10.0 Å². The fourth-order valence-corrected chi connectivity index (χ4v) is 2.21. The molecule has 0 aliphatic rings. The van der Waals surface area contributed by atoms with Crippen LogP contribution in [-0.2, 0) is 14.8 Å². The number of hydrogen-bond donors (Lipinski definition) is 2. The molecule has 1 atom stereocenters. The molecule has 0 amide bonds. The minimum Gasteiger partial charge on any atom is -0.355 e. The monoisotopic (exact) mass is 273 g/mol. The lowest BCUT2D eigenvalue weighted by molar-refractivity contribution is 0.106. The molecule has 3 N–H and O–H groups in total. The van der Waals surface area contributed by atoms with Crippen molar-refractivity contribution in [2.24, 2.45) is 5.14 Å². The summed E-state index contributed by atoms with van der Waals surface area (Å²) in [6.45, 7) is 4.81. The summed E-state index contributed by atoms with van der Waals surface area (Å²) in [7, 11) is -3.81. The Hall–Kier alpha value is -1.02. The Kier molecular flexibility index (Phi) is 5.67. The Morgan fingerprint density at radius 3 is 2.72 bits per heavy atom. The minimum absolute atomic E-state index is 0.258. The van der Waals surface area contributed by atoms with E-state index < -0.39 is 15.5 Å². The summed E-state index contributed by atoms with van der Waals surface area (Å²) in [6.07, 6.45) is 3.00. The first-order chi connectivity index (χ1) is 8.41. The average Bonchev–Trinajstić information content (AvgIpc) is 2.28. The van der Waals surface area contributed by atoms with E-state index in [0.29, 0.717) is 18.2 Å². The van der Waals surface area contributed by atoms with Crippen molar-refractivity contribution in [1.29, 1.82) is 0 Å². The number of rotatable bonds is 7. The second kappa shape index (κ2) is 6.79. The Bertz CT molecular complexity index is 448. The molecule has 1 aromatic rings. The first-order valence-corrected chi connectivity index (χ1v) is 7.28. The standard InChI is InChI=1S/C11H19N3O3S/c1-9(2)14-6-7-17-11(18(12,15)16)10-4-3-5-13-8-10/h3-5,8-9,11,14H,6-7H2,1-2H3,(H2,12,15,16). The van der Waals surface area contributed by atoms with Crippen molar-refractivity contribution >= 4 is 10.0 Å². The van der Waals surface area contributed by atoms with Crippen LogP contribution in [0, 0.1) is 0 Å². The molecule has 18 heavy (non-hydrogen) atoms. The van der Waals surface area contributed by atoms with Gasteiger partial charge in [-0.25, -0.2) is 13.6 Å². The Morgan fingerprint density at radius 1 is 1.50 bits per heavy atom. The summed E-state index contributed by atoms with van der Waals surface area (Å²) in [5.41, 5.74) is -0.732. The van der Waals surface area contributed by atoms with Crippen LogP contribution < -0.4 is 10.5 Å². The summed E-state index contributed by atoms with van der Waals surface area (Å²) in [5.74, 6) is 0. The smallest absolute Gasteiger partial charge is 0.240 e. The SMILES string of the molecule is CC(C)NCCOC(c1cccnc1)S(N)(=O)=O. The fourth-order valence-electron chi connectivity index (χ4n) is 1.41. The number of aromatic nitrogens is 1. The molecular weight excluding hydrogens is 254 g/mol. The van der Waals surface area contributed by atoms with Gasteiger partial charge in [-0.05, 0) is 6.07 Å². The van der Waals surface area contributed by atoms with Gasteiger partial charge >= 0.3 is 0 Å². The van der Waals surface area contributed by atoms with Crippen LogP contribution in [0.4, 0.5) is 0 Å². The van der Waals surface area contributed by atoms with Gasteiger partial charge in [0.25, 0.3) is 0 Å². The van der Waals surface area contributed by atoms with Crippen LogP contribution in [0.1, 0.15) is 24.8 Å². The Balaban J connectivity index is 2.65. The highest BCUT2D eigenvalue weighted by atomic mass is 32.2. The summed E-state index contributed by atoms with van der Waals surface area (Å²) in [6, 6.07) is 3.58. The lowest BCUT2D eigenvalue weighted by Gasteiger charge is -2.16. The molecule has 1 aromatic heterocycles. The number of sulfonamides is 1. The first kappa shape index (κ1) is 15.0. The third-order valence-corrected chi connectivity index (χ3v) is 3.18. The van der Waals surface area contributed by atoms with Gasteiger partial charge in [0.15, 0.2) is 5.44 Å². The lowest BCUT2D eigenvalue weighted by Crippen LogP contribution is -2.30. The van der Waals surface area contributed by atoms with E-state index in [4.69, 9.17) is 9.88 Å². The highest BCUT2D eigenvalue weighted by molar-refractivity contribution is 7.89. The zero-order chi connectivity index (χ0) is 13.6. The molecule has 0 bridgehead atoms. The van der Waals surface area contributed by atoms with Crippen LogP contribution in [0.2, 0.25) is 0 Å². The van der Waals surface area contributed by atoms with Gasteiger partial charge in [0, 0.05) is 30.5 Å². The van der Waals surface area contributed by atoms with Crippen molar-refractivity contribution in [3.8, 4) is 0 Å². The van der Waals surface area contributed by atoms with Gasteiger partial charge in [-0.3, -0.25) is 4.98 Å². The molecule has 7 heteroatoms. The molecule has 0 saturated carbocycles. The number of ether oxygens (including phenoxy) is 1. The summed E-state index contributed by atoms with van der Waals surface area (Å²) >= 11 is 0. The van der Waals surface area contributed by atoms with Crippen LogP contribution in [-0.4, -0.2) is 32.6 Å². The Morgan fingerprint density at radius 2 is 2.22 bits per heavy atom. The van der Waals surface area contributed by atoms with Crippen molar-refractivity contribution in [3.63, 3.8) is 0 Å². The van der Waals surface area contributed by atoms with E-state index in [9.17, 15) is 8.42 Å². The molecule has 1 unspecified atom stereocenters. The topological polar surface area (TPSA) is 94.3 Å². The van der Waals surface area contributed by atoms with Crippen molar-refractivity contribution < 1.29 is 13.2 Å². The van der Waals surface area contributed by atoms with E-state index in [1.165, 1.54) is 6.20 Å². The molecule has 102 valence electrons. The minimum atomic E-state index is -3.81. The van der Waals surface area contributed by atoms with E-state index in [1.54, 1.807) is 18.3 Å². The van der Waals surface area contributed by atoms with Crippen LogP contribution >= 0.6 is 0 Å². The van der Waals surface area contributed by atoms with Gasteiger partial charge in [0.1, 0.15) is 0 Å². The van der Waals surface area contributed by atoms with E-state index >= 15 is 0 Å². The van der Waals surface area contributed by atoms with Crippen LogP contribution in [0.5, 0.6) is 0 Å². The molecule has 0 spiro atoms. The second-order valence-corrected chi connectivity index (χ2v) is 5.79. The van der Waals surface area contributed by atoms with Crippen molar-refractivity contribution in [3.05, 3.63) is 30.1 Å². The maximum Gasteiger partial charge on any atom is 0.240 e. The zero-order valence-electron chi connectivity index (χ0n) is 10.5. The third-order valence-electron chi connectivity index (χ3n) is 2.18. The zero-order valence-corrected chi connectivity index (χ0v) is 11.4. The highest BCUT2D eigenvalue weighted by Gasteiger charge is 2.24. The number of nitrogens with zero attached hydrogens (tertiary/aromatic N) is 1. The van der Waals surface area contributed by atoms with Gasteiger partial charge in [-0.15, -0.1) is 0 Å². The van der Waals surface area contributed by atoms with Gasteiger partial charge < -0.3 is 10.1 Å². The van der Waals surface area contributed by atoms with E-state index in [-0.39, 0.29) is 6.61 Å². The number of primary sulfonamides is 1. The summed E-state index contributed by atoms with van der Waals surface area (Å²) in [5, 5.41) is 8.28. The molecule has 0 fully saturated rings. The highest BCUT2D eigenvalue weighted by Crippen LogP contribution is 2.20. The van der Waals surface area contributed by atoms with Crippen molar-refractivity contribution in [1.82, 2.24) is 10.3 Å². The summed E-state index contributed by atoms with van der Waals surface area (Å²) < 4.78 is 28.3. The summed E-state index contributed by atoms with van der Waals surface area (Å²) in [4.78, 5) is 3.86.